The molecule has 3 aromatic rings. The molecule has 0 radical (unpaired) electrons. The Labute approximate surface area is 211 Å². The number of carbonyl (C=O) groups is 1. The highest BCUT2D eigenvalue weighted by Crippen LogP contribution is 2.31. The Kier molecular flexibility index (Phi) is 8.09. The van der Waals surface area contributed by atoms with E-state index in [2.05, 4.69) is 6.07 Å². The Morgan fingerprint density at radius 1 is 0.917 bits per heavy atom. The molecule has 0 aromatic heterocycles. The number of methoxy groups -OCH3 is 2. The fraction of sp³-hybridized carbons (Fsp3) is 0.241. The maximum absolute atomic E-state index is 13.1. The number of carbonyl (C=O) groups excluding carboxylic acids is 1. The zero-order valence-corrected chi connectivity index (χ0v) is 20.4. The van der Waals surface area contributed by atoms with Gasteiger partial charge in [-0.05, 0) is 54.0 Å². The molecule has 1 heterocycles. The second-order valence-corrected chi connectivity index (χ2v) is 8.12. The first-order chi connectivity index (χ1) is 17.6. The van der Waals surface area contributed by atoms with Crippen LogP contribution in [0.4, 0.5) is 5.69 Å². The highest BCUT2D eigenvalue weighted by molar-refractivity contribution is 6.12. The van der Waals surface area contributed by atoms with Crippen LogP contribution in [0.1, 0.15) is 17.5 Å². The van der Waals surface area contributed by atoms with Crippen LogP contribution in [0.2, 0.25) is 0 Å². The molecule has 1 amide bonds. The Balaban J connectivity index is 1.37. The van der Waals surface area contributed by atoms with Crippen LogP contribution in [0, 0.1) is 11.3 Å². The summed E-state index contributed by atoms with van der Waals surface area (Å²) in [7, 11) is 3.16. The van der Waals surface area contributed by atoms with E-state index in [1.165, 1.54) is 0 Å². The van der Waals surface area contributed by atoms with Crippen molar-refractivity contribution in [3.05, 3.63) is 83.4 Å². The summed E-state index contributed by atoms with van der Waals surface area (Å²) in [5.74, 6) is 2.16. The molecule has 4 rings (SSSR count). The molecule has 36 heavy (non-hydrogen) atoms. The molecule has 1 aliphatic rings. The molecule has 0 saturated carbocycles. The fourth-order valence-corrected chi connectivity index (χ4v) is 4.06. The van der Waals surface area contributed by atoms with Gasteiger partial charge in [-0.15, -0.1) is 0 Å². The minimum Gasteiger partial charge on any atom is -0.493 e. The normalized spacial score (nSPS) is 12.5. The van der Waals surface area contributed by atoms with Gasteiger partial charge in [-0.2, -0.15) is 5.26 Å². The van der Waals surface area contributed by atoms with Crippen LogP contribution in [-0.4, -0.2) is 39.9 Å². The summed E-state index contributed by atoms with van der Waals surface area (Å²) in [4.78, 5) is 14.7. The van der Waals surface area contributed by atoms with E-state index >= 15 is 0 Å². The van der Waals surface area contributed by atoms with E-state index in [-0.39, 0.29) is 11.5 Å². The molecular formula is C29H28N2O5. The number of hydrogen-bond acceptors (Lipinski definition) is 6. The van der Waals surface area contributed by atoms with Crippen LogP contribution in [-0.2, 0) is 11.2 Å². The average Bonchev–Trinajstić information content (AvgIpc) is 3.36. The number of nitrogens with zero attached hydrogens (tertiary/aromatic N) is 2. The lowest BCUT2D eigenvalue weighted by Crippen LogP contribution is -2.29. The summed E-state index contributed by atoms with van der Waals surface area (Å²) in [6.45, 7) is 1.46. The SMILES string of the molecule is COc1ccccc1OCCCOc1ccc(/C=C(\C#N)C(=O)N2CCc3ccccc32)cc1OC. The molecule has 0 atom stereocenters. The number of para-hydroxylation sites is 3. The second-order valence-electron chi connectivity index (χ2n) is 8.12. The zero-order valence-electron chi connectivity index (χ0n) is 20.4. The number of benzene rings is 3. The van der Waals surface area contributed by atoms with Crippen molar-refractivity contribution in [1.29, 1.82) is 5.26 Å². The molecule has 0 N–H and O–H groups in total. The van der Waals surface area contributed by atoms with E-state index in [1.54, 1.807) is 43.4 Å². The molecule has 0 spiro atoms. The lowest BCUT2D eigenvalue weighted by molar-refractivity contribution is -0.114. The number of fused-ring (bicyclic) bond motifs is 1. The van der Waals surface area contributed by atoms with E-state index in [9.17, 15) is 10.1 Å². The molecule has 184 valence electrons. The summed E-state index contributed by atoms with van der Waals surface area (Å²) in [6.07, 6.45) is 3.02. The van der Waals surface area contributed by atoms with Gasteiger partial charge in [-0.3, -0.25) is 4.79 Å². The maximum atomic E-state index is 13.1. The zero-order chi connectivity index (χ0) is 25.3. The van der Waals surface area contributed by atoms with Crippen molar-refractivity contribution < 1.29 is 23.7 Å². The fourth-order valence-electron chi connectivity index (χ4n) is 4.06. The summed E-state index contributed by atoms with van der Waals surface area (Å²) in [6, 6.07) is 22.6. The molecule has 1 aliphatic heterocycles. The largest absolute Gasteiger partial charge is 0.493 e. The lowest BCUT2D eigenvalue weighted by Gasteiger charge is -2.16. The molecule has 7 nitrogen and oxygen atoms in total. The monoisotopic (exact) mass is 484 g/mol. The number of nitriles is 1. The van der Waals surface area contributed by atoms with Crippen LogP contribution in [0.3, 0.4) is 0 Å². The quantitative estimate of drug-likeness (QED) is 0.228. The highest BCUT2D eigenvalue weighted by Gasteiger charge is 2.26. The molecule has 7 heteroatoms. The van der Waals surface area contributed by atoms with E-state index < -0.39 is 0 Å². The number of rotatable bonds is 10. The van der Waals surface area contributed by atoms with Crippen molar-refractivity contribution in [2.75, 3.05) is 38.9 Å². The molecule has 0 bridgehead atoms. The van der Waals surface area contributed by atoms with Crippen LogP contribution in [0.5, 0.6) is 23.0 Å². The van der Waals surface area contributed by atoms with Gasteiger partial charge in [0.05, 0.1) is 27.4 Å². The van der Waals surface area contributed by atoms with E-state index in [0.717, 1.165) is 17.7 Å². The Morgan fingerprint density at radius 2 is 1.58 bits per heavy atom. The number of amides is 1. The molecule has 0 unspecified atom stereocenters. The third kappa shape index (κ3) is 5.61. The predicted molar refractivity (Wildman–Crippen MR) is 138 cm³/mol. The van der Waals surface area contributed by atoms with Gasteiger partial charge in [0.25, 0.3) is 5.91 Å². The third-order valence-electron chi connectivity index (χ3n) is 5.85. The number of ether oxygens (including phenoxy) is 4. The first kappa shape index (κ1) is 24.7. The van der Waals surface area contributed by atoms with Gasteiger partial charge in [0.1, 0.15) is 11.6 Å². The number of hydrogen-bond donors (Lipinski definition) is 0. The summed E-state index contributed by atoms with van der Waals surface area (Å²) >= 11 is 0. The predicted octanol–water partition coefficient (Wildman–Crippen LogP) is 5.05. The second kappa shape index (κ2) is 11.8. The van der Waals surface area contributed by atoms with E-state index in [4.69, 9.17) is 18.9 Å². The summed E-state index contributed by atoms with van der Waals surface area (Å²) in [5, 5.41) is 9.69. The Hall–Kier alpha value is -4.44. The minimum atomic E-state index is -0.309. The van der Waals surface area contributed by atoms with Gasteiger partial charge in [-0.1, -0.05) is 36.4 Å². The van der Waals surface area contributed by atoms with Gasteiger partial charge in [0, 0.05) is 18.7 Å². The van der Waals surface area contributed by atoms with Gasteiger partial charge in [0.2, 0.25) is 0 Å². The van der Waals surface area contributed by atoms with E-state index in [1.807, 2.05) is 48.5 Å². The third-order valence-corrected chi connectivity index (χ3v) is 5.85. The van der Waals surface area contributed by atoms with Crippen molar-refractivity contribution in [3.8, 4) is 29.1 Å². The smallest absolute Gasteiger partial charge is 0.268 e. The standard InChI is InChI=1S/C29H28N2O5/c1-33-25-10-5-6-11-26(25)35-16-7-17-36-27-13-12-21(19-28(27)34-2)18-23(20-30)29(32)31-15-14-22-8-3-4-9-24(22)31/h3-6,8-13,18-19H,7,14-17H2,1-2H3/b23-18+. The summed E-state index contributed by atoms with van der Waals surface area (Å²) in [5.41, 5.74) is 2.71. The molecule has 0 aliphatic carbocycles. The van der Waals surface area contributed by atoms with Crippen molar-refractivity contribution in [3.63, 3.8) is 0 Å². The van der Waals surface area contributed by atoms with Crippen molar-refractivity contribution in [2.24, 2.45) is 0 Å². The minimum absolute atomic E-state index is 0.0657. The van der Waals surface area contributed by atoms with Gasteiger partial charge in [-0.25, -0.2) is 0 Å². The number of anilines is 1. The van der Waals surface area contributed by atoms with Crippen LogP contribution >= 0.6 is 0 Å². The first-order valence-corrected chi connectivity index (χ1v) is 11.7. The van der Waals surface area contributed by atoms with Gasteiger partial charge < -0.3 is 23.8 Å². The lowest BCUT2D eigenvalue weighted by atomic mass is 10.1. The van der Waals surface area contributed by atoms with Crippen molar-refractivity contribution in [1.82, 2.24) is 0 Å². The van der Waals surface area contributed by atoms with E-state index in [0.29, 0.717) is 54.7 Å². The van der Waals surface area contributed by atoms with Gasteiger partial charge in [0.15, 0.2) is 23.0 Å². The average molecular weight is 485 g/mol. The van der Waals surface area contributed by atoms with Crippen LogP contribution < -0.4 is 23.8 Å². The Bertz CT molecular complexity index is 1290. The molecule has 0 saturated heterocycles. The molecule has 3 aromatic carbocycles. The maximum Gasteiger partial charge on any atom is 0.268 e. The molecule has 0 fully saturated rings. The molecular weight excluding hydrogens is 456 g/mol. The highest BCUT2D eigenvalue weighted by atomic mass is 16.5. The summed E-state index contributed by atoms with van der Waals surface area (Å²) < 4.78 is 22.4. The van der Waals surface area contributed by atoms with Gasteiger partial charge >= 0.3 is 0 Å². The van der Waals surface area contributed by atoms with Crippen LogP contribution in [0.25, 0.3) is 6.08 Å². The van der Waals surface area contributed by atoms with Crippen LogP contribution in [0.15, 0.2) is 72.3 Å². The Morgan fingerprint density at radius 3 is 2.31 bits per heavy atom. The van der Waals surface area contributed by atoms with Crippen molar-refractivity contribution in [2.45, 2.75) is 12.8 Å². The van der Waals surface area contributed by atoms with Crippen molar-refractivity contribution >= 4 is 17.7 Å². The first-order valence-electron chi connectivity index (χ1n) is 11.7. The topological polar surface area (TPSA) is 81.0 Å².